The number of ether oxygens (including phenoxy) is 1. The van der Waals surface area contributed by atoms with Crippen molar-refractivity contribution in [3.05, 3.63) is 83.9 Å². The Morgan fingerprint density at radius 2 is 1.81 bits per heavy atom. The SMILES string of the molecule is C=CCOC[C@H](NC[C@@H](O)[C@@H](N)Cc1cc(F)cc(F)c1)c1ccccc1. The highest BCUT2D eigenvalue weighted by Crippen LogP contribution is 2.14. The maximum atomic E-state index is 13.3. The summed E-state index contributed by atoms with van der Waals surface area (Å²) in [5.41, 5.74) is 7.45. The second-order valence-corrected chi connectivity index (χ2v) is 6.41. The molecule has 146 valence electrons. The lowest BCUT2D eigenvalue weighted by atomic mass is 10.0. The van der Waals surface area contributed by atoms with Gasteiger partial charge in [0.15, 0.2) is 0 Å². The summed E-state index contributed by atoms with van der Waals surface area (Å²) >= 11 is 0. The first-order valence-corrected chi connectivity index (χ1v) is 8.85. The van der Waals surface area contributed by atoms with Gasteiger partial charge >= 0.3 is 0 Å². The number of halogens is 2. The van der Waals surface area contributed by atoms with Crippen molar-refractivity contribution in [2.75, 3.05) is 19.8 Å². The molecule has 6 heteroatoms. The van der Waals surface area contributed by atoms with Crippen molar-refractivity contribution < 1.29 is 18.6 Å². The highest BCUT2D eigenvalue weighted by atomic mass is 19.1. The summed E-state index contributed by atoms with van der Waals surface area (Å²) in [6.07, 6.45) is 0.952. The summed E-state index contributed by atoms with van der Waals surface area (Å²) in [6.45, 7) is 4.68. The molecule has 3 atom stereocenters. The van der Waals surface area contributed by atoms with Crippen molar-refractivity contribution in [2.45, 2.75) is 24.6 Å². The summed E-state index contributed by atoms with van der Waals surface area (Å²) < 4.78 is 32.1. The van der Waals surface area contributed by atoms with E-state index in [1.165, 1.54) is 12.1 Å². The van der Waals surface area contributed by atoms with E-state index < -0.39 is 23.8 Å². The van der Waals surface area contributed by atoms with Gasteiger partial charge in [-0.25, -0.2) is 8.78 Å². The van der Waals surface area contributed by atoms with Crippen LogP contribution in [0.1, 0.15) is 17.2 Å². The molecular formula is C21H26F2N2O2. The Kier molecular flexibility index (Phi) is 8.54. The van der Waals surface area contributed by atoms with Gasteiger partial charge in [-0.3, -0.25) is 0 Å². The van der Waals surface area contributed by atoms with Crippen molar-refractivity contribution in [3.8, 4) is 0 Å². The molecule has 0 amide bonds. The molecule has 0 fully saturated rings. The van der Waals surface area contributed by atoms with Crippen LogP contribution in [-0.2, 0) is 11.2 Å². The molecule has 0 bridgehead atoms. The fourth-order valence-corrected chi connectivity index (χ4v) is 2.78. The predicted octanol–water partition coefficient (Wildman–Crippen LogP) is 2.73. The van der Waals surface area contributed by atoms with Gasteiger partial charge in [-0.15, -0.1) is 6.58 Å². The number of nitrogens with two attached hydrogens (primary N) is 1. The third kappa shape index (κ3) is 7.19. The topological polar surface area (TPSA) is 67.5 Å². The smallest absolute Gasteiger partial charge is 0.126 e. The summed E-state index contributed by atoms with van der Waals surface area (Å²) in [5, 5.41) is 13.6. The minimum Gasteiger partial charge on any atom is -0.390 e. The number of benzene rings is 2. The molecule has 0 aliphatic rings. The third-order valence-electron chi connectivity index (χ3n) is 4.18. The average molecular weight is 376 g/mol. The summed E-state index contributed by atoms with van der Waals surface area (Å²) in [7, 11) is 0. The van der Waals surface area contributed by atoms with Crippen LogP contribution in [0.2, 0.25) is 0 Å². The quantitative estimate of drug-likeness (QED) is 0.417. The predicted molar refractivity (Wildman–Crippen MR) is 102 cm³/mol. The van der Waals surface area contributed by atoms with E-state index in [4.69, 9.17) is 10.5 Å². The van der Waals surface area contributed by atoms with Crippen LogP contribution in [0, 0.1) is 11.6 Å². The van der Waals surface area contributed by atoms with E-state index in [9.17, 15) is 13.9 Å². The molecule has 0 aliphatic carbocycles. The fraction of sp³-hybridized carbons (Fsp3) is 0.333. The largest absolute Gasteiger partial charge is 0.390 e. The Bertz CT molecular complexity index is 692. The Hall–Kier alpha value is -2.12. The van der Waals surface area contributed by atoms with Gasteiger partial charge in [0.25, 0.3) is 0 Å². The lowest BCUT2D eigenvalue weighted by molar-refractivity contribution is 0.110. The van der Waals surface area contributed by atoms with Gasteiger partial charge < -0.3 is 20.9 Å². The molecular weight excluding hydrogens is 350 g/mol. The molecule has 0 radical (unpaired) electrons. The van der Waals surface area contributed by atoms with Gasteiger partial charge in [-0.1, -0.05) is 36.4 Å². The third-order valence-corrected chi connectivity index (χ3v) is 4.18. The van der Waals surface area contributed by atoms with Crippen molar-refractivity contribution in [3.63, 3.8) is 0 Å². The monoisotopic (exact) mass is 376 g/mol. The zero-order valence-corrected chi connectivity index (χ0v) is 15.2. The molecule has 0 spiro atoms. The van der Waals surface area contributed by atoms with Crippen LogP contribution in [-0.4, -0.2) is 37.0 Å². The molecule has 2 rings (SSSR count). The highest BCUT2D eigenvalue weighted by Gasteiger charge is 2.19. The number of hydrogen-bond acceptors (Lipinski definition) is 4. The van der Waals surface area contributed by atoms with E-state index in [-0.39, 0.29) is 19.0 Å². The van der Waals surface area contributed by atoms with Gasteiger partial charge in [0.05, 0.1) is 25.4 Å². The zero-order valence-electron chi connectivity index (χ0n) is 15.2. The van der Waals surface area contributed by atoms with Gasteiger partial charge in [-0.2, -0.15) is 0 Å². The average Bonchev–Trinajstić information content (AvgIpc) is 2.64. The molecule has 0 aromatic heterocycles. The Morgan fingerprint density at radius 3 is 2.44 bits per heavy atom. The molecule has 0 unspecified atom stereocenters. The fourth-order valence-electron chi connectivity index (χ4n) is 2.78. The molecule has 27 heavy (non-hydrogen) atoms. The maximum Gasteiger partial charge on any atom is 0.126 e. The van der Waals surface area contributed by atoms with Crippen LogP contribution >= 0.6 is 0 Å². The molecule has 4 nitrogen and oxygen atoms in total. The van der Waals surface area contributed by atoms with Crippen LogP contribution in [0.5, 0.6) is 0 Å². The Balaban J connectivity index is 1.93. The number of hydrogen-bond donors (Lipinski definition) is 3. The second kappa shape index (κ2) is 10.9. The van der Waals surface area contributed by atoms with Crippen LogP contribution in [0.4, 0.5) is 8.78 Å². The van der Waals surface area contributed by atoms with Gasteiger partial charge in [0.1, 0.15) is 11.6 Å². The van der Waals surface area contributed by atoms with E-state index in [2.05, 4.69) is 11.9 Å². The van der Waals surface area contributed by atoms with Crippen molar-refractivity contribution in [1.82, 2.24) is 5.32 Å². The first kappa shape index (κ1) is 21.2. The normalized spacial score (nSPS) is 14.5. The molecule has 4 N–H and O–H groups in total. The van der Waals surface area contributed by atoms with E-state index in [1.807, 2.05) is 30.3 Å². The Labute approximate surface area is 158 Å². The maximum absolute atomic E-state index is 13.3. The molecule has 2 aromatic carbocycles. The summed E-state index contributed by atoms with van der Waals surface area (Å²) in [4.78, 5) is 0. The molecule has 0 heterocycles. The van der Waals surface area contributed by atoms with Crippen molar-refractivity contribution in [1.29, 1.82) is 0 Å². The van der Waals surface area contributed by atoms with Crippen molar-refractivity contribution in [2.24, 2.45) is 5.73 Å². The second-order valence-electron chi connectivity index (χ2n) is 6.41. The van der Waals surface area contributed by atoms with E-state index in [0.717, 1.165) is 11.6 Å². The molecule has 2 aromatic rings. The van der Waals surface area contributed by atoms with Gasteiger partial charge in [0, 0.05) is 18.7 Å². The van der Waals surface area contributed by atoms with Crippen LogP contribution in [0.25, 0.3) is 0 Å². The summed E-state index contributed by atoms with van der Waals surface area (Å²) in [6, 6.07) is 12.2. The molecule has 0 saturated carbocycles. The van der Waals surface area contributed by atoms with Crippen LogP contribution in [0.3, 0.4) is 0 Å². The van der Waals surface area contributed by atoms with E-state index >= 15 is 0 Å². The first-order chi connectivity index (χ1) is 13.0. The Morgan fingerprint density at radius 1 is 1.15 bits per heavy atom. The molecule has 0 saturated heterocycles. The molecule has 0 aliphatic heterocycles. The van der Waals surface area contributed by atoms with Gasteiger partial charge in [0.2, 0.25) is 0 Å². The van der Waals surface area contributed by atoms with E-state index in [0.29, 0.717) is 18.8 Å². The number of rotatable bonds is 11. The van der Waals surface area contributed by atoms with Crippen LogP contribution in [0.15, 0.2) is 61.2 Å². The van der Waals surface area contributed by atoms with Crippen LogP contribution < -0.4 is 11.1 Å². The highest BCUT2D eigenvalue weighted by molar-refractivity contribution is 5.20. The first-order valence-electron chi connectivity index (χ1n) is 8.85. The van der Waals surface area contributed by atoms with Gasteiger partial charge in [-0.05, 0) is 29.7 Å². The minimum absolute atomic E-state index is 0.125. The van der Waals surface area contributed by atoms with Crippen molar-refractivity contribution >= 4 is 0 Å². The number of aliphatic hydroxyl groups excluding tert-OH is 1. The number of nitrogens with one attached hydrogen (secondary N) is 1. The van der Waals surface area contributed by atoms with E-state index in [1.54, 1.807) is 6.08 Å². The lowest BCUT2D eigenvalue weighted by Gasteiger charge is -2.24. The minimum atomic E-state index is -0.887. The number of aliphatic hydroxyl groups is 1. The zero-order chi connectivity index (χ0) is 19.6. The lowest BCUT2D eigenvalue weighted by Crippen LogP contribution is -2.44. The summed E-state index contributed by atoms with van der Waals surface area (Å²) in [5.74, 6) is -1.32. The standard InChI is InChI=1S/C21H26F2N2O2/c1-2-8-27-14-20(16-6-4-3-5-7-16)25-13-21(26)19(24)11-15-9-17(22)12-18(23)10-15/h2-7,9-10,12,19-21,25-26H,1,8,11,13-14,24H2/t19-,20-,21+/m0/s1.